The average Bonchev–Trinajstić information content (AvgIpc) is 3.29. The van der Waals surface area contributed by atoms with E-state index in [4.69, 9.17) is 9.47 Å². The fourth-order valence-electron chi connectivity index (χ4n) is 3.11. The van der Waals surface area contributed by atoms with Crippen LogP contribution in [0.1, 0.15) is 20.7 Å². The fraction of sp³-hybridized carbons (Fsp3) is 0.0800. The van der Waals surface area contributed by atoms with Crippen LogP contribution in [-0.2, 0) is 4.74 Å². The number of carbonyl (C=O) groups excluding carboxylic acids is 2. The number of nitrogens with zero attached hydrogens (tertiary/aromatic N) is 2. The fourth-order valence-corrected chi connectivity index (χ4v) is 3.11. The van der Waals surface area contributed by atoms with Crippen LogP contribution >= 0.6 is 0 Å². The van der Waals surface area contributed by atoms with Gasteiger partial charge in [-0.15, -0.1) is 0 Å². The Balaban J connectivity index is 1.57. The Hall–Kier alpha value is -4.19. The number of carbonyl (C=O) groups is 2. The summed E-state index contributed by atoms with van der Waals surface area (Å²) in [4.78, 5) is 25.3. The molecule has 6 nitrogen and oxygen atoms in total. The second-order valence-corrected chi connectivity index (χ2v) is 6.77. The topological polar surface area (TPSA) is 70.4 Å². The van der Waals surface area contributed by atoms with Gasteiger partial charge in [0.25, 0.3) is 0 Å². The molecule has 6 heteroatoms. The van der Waals surface area contributed by atoms with Crippen molar-refractivity contribution in [1.82, 2.24) is 9.78 Å². The first-order chi connectivity index (χ1) is 15.2. The Kier molecular flexibility index (Phi) is 5.89. The molecule has 1 heterocycles. The van der Waals surface area contributed by atoms with Gasteiger partial charge in [-0.05, 0) is 36.4 Å². The van der Waals surface area contributed by atoms with Gasteiger partial charge in [0.2, 0.25) is 0 Å². The lowest BCUT2D eigenvalue weighted by molar-refractivity contribution is 0.0475. The monoisotopic (exact) mass is 412 g/mol. The van der Waals surface area contributed by atoms with Gasteiger partial charge in [-0.2, -0.15) is 5.10 Å². The Morgan fingerprint density at radius 2 is 1.52 bits per heavy atom. The first kappa shape index (κ1) is 20.1. The zero-order chi connectivity index (χ0) is 21.6. The van der Waals surface area contributed by atoms with Crippen molar-refractivity contribution in [2.75, 3.05) is 13.7 Å². The molecule has 0 spiro atoms. The van der Waals surface area contributed by atoms with Gasteiger partial charge in [-0.1, -0.05) is 48.5 Å². The summed E-state index contributed by atoms with van der Waals surface area (Å²) in [5, 5.41) is 4.59. The van der Waals surface area contributed by atoms with Gasteiger partial charge in [-0.3, -0.25) is 4.79 Å². The van der Waals surface area contributed by atoms with Crippen molar-refractivity contribution < 1.29 is 19.1 Å². The highest BCUT2D eigenvalue weighted by Crippen LogP contribution is 2.24. The molecule has 0 bridgehead atoms. The predicted octanol–water partition coefficient (Wildman–Crippen LogP) is 4.59. The predicted molar refractivity (Wildman–Crippen MR) is 117 cm³/mol. The van der Waals surface area contributed by atoms with E-state index in [1.807, 2.05) is 60.7 Å². The van der Waals surface area contributed by atoms with E-state index in [1.165, 1.54) is 0 Å². The average molecular weight is 412 g/mol. The maximum atomic E-state index is 12.9. The van der Waals surface area contributed by atoms with Crippen LogP contribution in [0.5, 0.6) is 5.75 Å². The highest BCUT2D eigenvalue weighted by molar-refractivity contribution is 6.01. The number of benzene rings is 3. The molecule has 0 amide bonds. The van der Waals surface area contributed by atoms with Crippen molar-refractivity contribution >= 4 is 11.8 Å². The molecule has 0 aliphatic rings. The molecule has 0 saturated carbocycles. The number of ketones is 1. The number of para-hydroxylation sites is 1. The Labute approximate surface area is 179 Å². The molecule has 4 rings (SSSR count). The summed E-state index contributed by atoms with van der Waals surface area (Å²) in [6, 6.07) is 25.5. The van der Waals surface area contributed by atoms with Crippen molar-refractivity contribution in [2.45, 2.75) is 0 Å². The van der Waals surface area contributed by atoms with Crippen LogP contribution in [-0.4, -0.2) is 35.2 Å². The van der Waals surface area contributed by atoms with Crippen LogP contribution in [0.2, 0.25) is 0 Å². The lowest BCUT2D eigenvalue weighted by Crippen LogP contribution is -2.14. The van der Waals surface area contributed by atoms with Crippen LogP contribution in [0.3, 0.4) is 0 Å². The third kappa shape index (κ3) is 4.53. The minimum atomic E-state index is -0.608. The molecule has 0 aliphatic heterocycles. The summed E-state index contributed by atoms with van der Waals surface area (Å²) in [7, 11) is 1.55. The second-order valence-electron chi connectivity index (χ2n) is 6.77. The van der Waals surface area contributed by atoms with Gasteiger partial charge in [0.05, 0.1) is 12.8 Å². The highest BCUT2D eigenvalue weighted by atomic mass is 16.5. The molecular formula is C25H20N2O4. The van der Waals surface area contributed by atoms with Crippen molar-refractivity contribution in [1.29, 1.82) is 0 Å². The zero-order valence-corrected chi connectivity index (χ0v) is 16.9. The van der Waals surface area contributed by atoms with Crippen molar-refractivity contribution in [3.05, 3.63) is 102 Å². The normalized spacial score (nSPS) is 10.5. The maximum Gasteiger partial charge on any atom is 0.342 e. The van der Waals surface area contributed by atoms with Crippen LogP contribution in [0.4, 0.5) is 0 Å². The first-order valence-electron chi connectivity index (χ1n) is 9.70. The molecule has 0 aliphatic carbocycles. The molecule has 0 atom stereocenters. The molecule has 3 aromatic carbocycles. The van der Waals surface area contributed by atoms with E-state index >= 15 is 0 Å². The number of hydrogen-bond donors (Lipinski definition) is 0. The van der Waals surface area contributed by atoms with Gasteiger partial charge in [0.15, 0.2) is 12.4 Å². The Morgan fingerprint density at radius 1 is 0.871 bits per heavy atom. The number of esters is 1. The van der Waals surface area contributed by atoms with E-state index in [9.17, 15) is 9.59 Å². The minimum absolute atomic E-state index is 0.289. The third-order valence-corrected chi connectivity index (χ3v) is 4.75. The molecule has 1 aromatic heterocycles. The molecule has 0 saturated heterocycles. The number of methoxy groups -OCH3 is 1. The minimum Gasteiger partial charge on any atom is -0.497 e. The van der Waals surface area contributed by atoms with Crippen molar-refractivity contribution in [3.8, 4) is 22.7 Å². The largest absolute Gasteiger partial charge is 0.497 e. The highest BCUT2D eigenvalue weighted by Gasteiger charge is 2.21. The van der Waals surface area contributed by atoms with E-state index in [0.717, 1.165) is 11.3 Å². The smallest absolute Gasteiger partial charge is 0.342 e. The lowest BCUT2D eigenvalue weighted by Gasteiger charge is -2.05. The summed E-state index contributed by atoms with van der Waals surface area (Å²) in [6.45, 7) is -0.365. The molecule has 0 fully saturated rings. The number of aromatic nitrogens is 2. The van der Waals surface area contributed by atoms with Gasteiger partial charge in [-0.25, -0.2) is 9.48 Å². The van der Waals surface area contributed by atoms with Gasteiger partial charge >= 0.3 is 5.97 Å². The molecule has 0 N–H and O–H groups in total. The summed E-state index contributed by atoms with van der Waals surface area (Å²) in [5.41, 5.74) is 2.82. The van der Waals surface area contributed by atoms with E-state index in [0.29, 0.717) is 17.0 Å². The number of hydrogen-bond acceptors (Lipinski definition) is 5. The quantitative estimate of drug-likeness (QED) is 0.328. The lowest BCUT2D eigenvalue weighted by atomic mass is 10.1. The zero-order valence-electron chi connectivity index (χ0n) is 16.9. The van der Waals surface area contributed by atoms with Gasteiger partial charge in [0, 0.05) is 17.3 Å². The summed E-state index contributed by atoms with van der Waals surface area (Å²) in [6.07, 6.45) is 1.62. The second kappa shape index (κ2) is 9.09. The van der Waals surface area contributed by atoms with E-state index in [1.54, 1.807) is 42.3 Å². The molecule has 0 unspecified atom stereocenters. The number of ether oxygens (including phenoxy) is 2. The SMILES string of the molecule is COc1ccc(C(=O)COC(=O)c2cn(-c3ccccc3)nc2-c2ccccc2)cc1. The van der Waals surface area contributed by atoms with Crippen LogP contribution in [0.15, 0.2) is 91.1 Å². The van der Waals surface area contributed by atoms with Gasteiger partial charge < -0.3 is 9.47 Å². The van der Waals surface area contributed by atoms with E-state index in [2.05, 4.69) is 5.10 Å². The molecular weight excluding hydrogens is 392 g/mol. The summed E-state index contributed by atoms with van der Waals surface area (Å²) >= 11 is 0. The molecule has 0 radical (unpaired) electrons. The van der Waals surface area contributed by atoms with Crippen molar-refractivity contribution in [2.24, 2.45) is 0 Å². The third-order valence-electron chi connectivity index (χ3n) is 4.75. The van der Waals surface area contributed by atoms with E-state index in [-0.39, 0.29) is 18.0 Å². The first-order valence-corrected chi connectivity index (χ1v) is 9.70. The standard InChI is InChI=1S/C25H20N2O4/c1-30-21-14-12-18(13-15-21)23(28)17-31-25(29)22-16-27(20-10-6-3-7-11-20)26-24(22)19-8-4-2-5-9-19/h2-16H,17H2,1H3. The molecule has 154 valence electrons. The number of Topliss-reactive ketones (excluding diaryl/α,β-unsaturated/α-hetero) is 1. The Morgan fingerprint density at radius 3 is 2.16 bits per heavy atom. The maximum absolute atomic E-state index is 12.9. The number of rotatable bonds is 7. The van der Waals surface area contributed by atoms with Crippen LogP contribution < -0.4 is 4.74 Å². The van der Waals surface area contributed by atoms with Crippen LogP contribution in [0.25, 0.3) is 16.9 Å². The molecule has 31 heavy (non-hydrogen) atoms. The Bertz CT molecular complexity index is 1180. The van der Waals surface area contributed by atoms with Gasteiger partial charge in [0.1, 0.15) is 17.0 Å². The van der Waals surface area contributed by atoms with Crippen LogP contribution in [0, 0.1) is 0 Å². The van der Waals surface area contributed by atoms with Crippen molar-refractivity contribution in [3.63, 3.8) is 0 Å². The molecule has 4 aromatic rings. The summed E-state index contributed by atoms with van der Waals surface area (Å²) in [5.74, 6) is -0.259. The van der Waals surface area contributed by atoms with E-state index < -0.39 is 5.97 Å². The summed E-state index contributed by atoms with van der Waals surface area (Å²) < 4.78 is 12.1.